The molecule has 0 radical (unpaired) electrons. The van der Waals surface area contributed by atoms with Crippen LogP contribution in [-0.2, 0) is 17.9 Å². The Balaban J connectivity index is 1.46. The van der Waals surface area contributed by atoms with Crippen LogP contribution < -0.4 is 14.8 Å². The summed E-state index contributed by atoms with van der Waals surface area (Å²) in [5.74, 6) is 1.61. The van der Waals surface area contributed by atoms with E-state index >= 15 is 0 Å². The van der Waals surface area contributed by atoms with E-state index in [-0.39, 0.29) is 11.8 Å². The number of benzene rings is 2. The molecule has 2 aromatic rings. The number of rotatable bonds is 7. The normalized spacial score (nSPS) is 15.2. The van der Waals surface area contributed by atoms with Crippen molar-refractivity contribution in [2.75, 3.05) is 27.3 Å². The van der Waals surface area contributed by atoms with Gasteiger partial charge >= 0.3 is 0 Å². The third kappa shape index (κ3) is 5.26. The minimum Gasteiger partial charge on any atom is -0.493 e. The molecule has 1 amide bonds. The first-order chi connectivity index (χ1) is 13.6. The summed E-state index contributed by atoms with van der Waals surface area (Å²) in [4.78, 5) is 15.0. The first-order valence-electron chi connectivity index (χ1n) is 9.85. The molecule has 1 aliphatic heterocycles. The molecule has 1 heterocycles. The van der Waals surface area contributed by atoms with E-state index in [0.29, 0.717) is 18.0 Å². The lowest BCUT2D eigenvalue weighted by Gasteiger charge is -2.31. The van der Waals surface area contributed by atoms with Crippen LogP contribution in [0.15, 0.2) is 42.5 Å². The molecule has 0 atom stereocenters. The molecule has 0 aliphatic carbocycles. The molecule has 150 valence electrons. The monoisotopic (exact) mass is 382 g/mol. The first kappa shape index (κ1) is 20.2. The summed E-state index contributed by atoms with van der Waals surface area (Å²) < 4.78 is 10.6. The van der Waals surface area contributed by atoms with Crippen LogP contribution in [0.5, 0.6) is 11.5 Å². The van der Waals surface area contributed by atoms with E-state index in [1.807, 2.05) is 18.2 Å². The van der Waals surface area contributed by atoms with Gasteiger partial charge < -0.3 is 14.8 Å². The predicted molar refractivity (Wildman–Crippen MR) is 111 cm³/mol. The zero-order valence-electron chi connectivity index (χ0n) is 17.0. The van der Waals surface area contributed by atoms with Crippen LogP contribution in [0.1, 0.15) is 29.5 Å². The Hall–Kier alpha value is -2.53. The van der Waals surface area contributed by atoms with E-state index in [2.05, 4.69) is 41.4 Å². The van der Waals surface area contributed by atoms with Crippen LogP contribution in [0.4, 0.5) is 0 Å². The molecule has 5 heteroatoms. The Morgan fingerprint density at radius 2 is 1.79 bits per heavy atom. The standard InChI is InChI=1S/C23H30N2O3/c1-17-5-4-6-19(13-17)16-25-11-9-20(10-12-25)23(26)24-15-18-7-8-21(27-2)22(14-18)28-3/h4-8,13-14,20H,9-12,15-16H2,1-3H3,(H,24,26). The fourth-order valence-electron chi connectivity index (χ4n) is 3.75. The number of hydrogen-bond donors (Lipinski definition) is 1. The Labute approximate surface area is 167 Å². The molecule has 1 N–H and O–H groups in total. The second-order valence-electron chi connectivity index (χ2n) is 7.45. The third-order valence-corrected chi connectivity index (χ3v) is 5.36. The zero-order chi connectivity index (χ0) is 19.9. The maximum Gasteiger partial charge on any atom is 0.223 e. The van der Waals surface area contributed by atoms with Crippen molar-refractivity contribution in [1.82, 2.24) is 10.2 Å². The Morgan fingerprint density at radius 1 is 1.04 bits per heavy atom. The molecule has 1 saturated heterocycles. The van der Waals surface area contributed by atoms with Gasteiger partial charge in [0.25, 0.3) is 0 Å². The molecule has 28 heavy (non-hydrogen) atoms. The van der Waals surface area contributed by atoms with Crippen molar-refractivity contribution < 1.29 is 14.3 Å². The van der Waals surface area contributed by atoms with Gasteiger partial charge in [0.05, 0.1) is 14.2 Å². The molecule has 0 spiro atoms. The van der Waals surface area contributed by atoms with E-state index in [4.69, 9.17) is 9.47 Å². The van der Waals surface area contributed by atoms with Gasteiger partial charge in [-0.15, -0.1) is 0 Å². The average Bonchev–Trinajstić information content (AvgIpc) is 2.72. The fourth-order valence-corrected chi connectivity index (χ4v) is 3.75. The van der Waals surface area contributed by atoms with Crippen LogP contribution >= 0.6 is 0 Å². The lowest BCUT2D eigenvalue weighted by molar-refractivity contribution is -0.126. The molecule has 5 nitrogen and oxygen atoms in total. The maximum atomic E-state index is 12.6. The number of carbonyl (C=O) groups is 1. The fraction of sp³-hybridized carbons (Fsp3) is 0.435. The van der Waals surface area contributed by atoms with E-state index in [9.17, 15) is 4.79 Å². The summed E-state index contributed by atoms with van der Waals surface area (Å²) >= 11 is 0. The van der Waals surface area contributed by atoms with Crippen LogP contribution in [0.3, 0.4) is 0 Å². The lowest BCUT2D eigenvalue weighted by atomic mass is 9.95. The highest BCUT2D eigenvalue weighted by Crippen LogP contribution is 2.27. The number of carbonyl (C=O) groups excluding carboxylic acids is 1. The largest absolute Gasteiger partial charge is 0.493 e. The van der Waals surface area contributed by atoms with Crippen molar-refractivity contribution in [3.05, 3.63) is 59.2 Å². The van der Waals surface area contributed by atoms with Crippen LogP contribution in [0.2, 0.25) is 0 Å². The second kappa shape index (κ2) is 9.60. The number of nitrogens with zero attached hydrogens (tertiary/aromatic N) is 1. The number of methoxy groups -OCH3 is 2. The summed E-state index contributed by atoms with van der Waals surface area (Å²) in [6.07, 6.45) is 1.81. The minimum absolute atomic E-state index is 0.0916. The van der Waals surface area contributed by atoms with Crippen molar-refractivity contribution in [3.8, 4) is 11.5 Å². The predicted octanol–water partition coefficient (Wildman–Crippen LogP) is 3.54. The van der Waals surface area contributed by atoms with Crippen LogP contribution in [0.25, 0.3) is 0 Å². The number of amides is 1. The Morgan fingerprint density at radius 3 is 2.46 bits per heavy atom. The Kier molecular flexibility index (Phi) is 6.93. The molecule has 1 fully saturated rings. The van der Waals surface area contributed by atoms with Gasteiger partial charge in [-0.25, -0.2) is 0 Å². The summed E-state index contributed by atoms with van der Waals surface area (Å²) in [7, 11) is 3.23. The van der Waals surface area contributed by atoms with Gasteiger partial charge in [-0.05, 0) is 56.1 Å². The quantitative estimate of drug-likeness (QED) is 0.796. The van der Waals surface area contributed by atoms with Gasteiger partial charge in [-0.3, -0.25) is 9.69 Å². The van der Waals surface area contributed by atoms with Gasteiger partial charge in [0.2, 0.25) is 5.91 Å². The van der Waals surface area contributed by atoms with Crippen molar-refractivity contribution in [2.24, 2.45) is 5.92 Å². The van der Waals surface area contributed by atoms with Gasteiger partial charge in [0.15, 0.2) is 11.5 Å². The van der Waals surface area contributed by atoms with E-state index in [1.165, 1.54) is 11.1 Å². The maximum absolute atomic E-state index is 12.6. The zero-order valence-corrected chi connectivity index (χ0v) is 17.0. The van der Waals surface area contributed by atoms with E-state index < -0.39 is 0 Å². The van der Waals surface area contributed by atoms with Gasteiger partial charge in [-0.2, -0.15) is 0 Å². The molecule has 3 rings (SSSR count). The average molecular weight is 383 g/mol. The molecular formula is C23H30N2O3. The molecule has 0 saturated carbocycles. The van der Waals surface area contributed by atoms with E-state index in [1.54, 1.807) is 14.2 Å². The lowest BCUT2D eigenvalue weighted by Crippen LogP contribution is -2.40. The van der Waals surface area contributed by atoms with Gasteiger partial charge in [0, 0.05) is 19.0 Å². The second-order valence-corrected chi connectivity index (χ2v) is 7.45. The molecule has 0 aromatic heterocycles. The molecule has 0 bridgehead atoms. The highest BCUT2D eigenvalue weighted by Gasteiger charge is 2.24. The number of piperidine rings is 1. The number of hydrogen-bond acceptors (Lipinski definition) is 4. The Bertz CT molecular complexity index is 798. The van der Waals surface area contributed by atoms with Gasteiger partial charge in [0.1, 0.15) is 0 Å². The molecule has 2 aromatic carbocycles. The summed E-state index contributed by atoms with van der Waals surface area (Å²) in [5, 5.41) is 3.08. The summed E-state index contributed by atoms with van der Waals surface area (Å²) in [5.41, 5.74) is 3.64. The van der Waals surface area contributed by atoms with E-state index in [0.717, 1.165) is 38.0 Å². The molecule has 1 aliphatic rings. The highest BCUT2D eigenvalue weighted by molar-refractivity contribution is 5.78. The topological polar surface area (TPSA) is 50.8 Å². The SMILES string of the molecule is COc1ccc(CNC(=O)C2CCN(Cc3cccc(C)c3)CC2)cc1OC. The number of aryl methyl sites for hydroxylation is 1. The molecule has 0 unspecified atom stereocenters. The van der Waals surface area contributed by atoms with Crippen molar-refractivity contribution in [1.29, 1.82) is 0 Å². The summed E-state index contributed by atoms with van der Waals surface area (Å²) in [6, 6.07) is 14.4. The number of nitrogens with one attached hydrogen (secondary N) is 1. The van der Waals surface area contributed by atoms with Crippen molar-refractivity contribution in [3.63, 3.8) is 0 Å². The third-order valence-electron chi connectivity index (χ3n) is 5.36. The van der Waals surface area contributed by atoms with Crippen LogP contribution in [0, 0.1) is 12.8 Å². The minimum atomic E-state index is 0.0916. The highest BCUT2D eigenvalue weighted by atomic mass is 16.5. The number of likely N-dealkylation sites (tertiary alicyclic amines) is 1. The number of ether oxygens (including phenoxy) is 2. The smallest absolute Gasteiger partial charge is 0.223 e. The first-order valence-corrected chi connectivity index (χ1v) is 9.85. The van der Waals surface area contributed by atoms with Crippen molar-refractivity contribution in [2.45, 2.75) is 32.9 Å². The van der Waals surface area contributed by atoms with Crippen LogP contribution in [-0.4, -0.2) is 38.1 Å². The molecular weight excluding hydrogens is 352 g/mol. The van der Waals surface area contributed by atoms with Gasteiger partial charge in [-0.1, -0.05) is 35.9 Å². The summed E-state index contributed by atoms with van der Waals surface area (Å²) in [6.45, 7) is 5.51. The van der Waals surface area contributed by atoms with Crippen molar-refractivity contribution >= 4 is 5.91 Å².